The molecule has 1 aliphatic rings. The minimum absolute atomic E-state index is 0.0410. The second-order valence-corrected chi connectivity index (χ2v) is 7.38. The predicted molar refractivity (Wildman–Crippen MR) is 83.0 cm³/mol. The summed E-state index contributed by atoms with van der Waals surface area (Å²) in [5, 5.41) is 0. The Labute approximate surface area is 132 Å². The first-order chi connectivity index (χ1) is 9.13. The summed E-state index contributed by atoms with van der Waals surface area (Å²) < 4.78 is 1.01. The molecule has 0 N–H and O–H groups in total. The average molecular weight is 341 g/mol. The van der Waals surface area contributed by atoms with Gasteiger partial charge in [0, 0.05) is 18.5 Å². The van der Waals surface area contributed by atoms with Gasteiger partial charge in [0.25, 0.3) is 5.91 Å². The highest BCUT2D eigenvalue weighted by Crippen LogP contribution is 2.33. The number of carbonyl (C=O) groups excluding carboxylic acids is 1. The fraction of sp³-hybridized carbons (Fsp3) is 0.615. The van der Waals surface area contributed by atoms with E-state index in [0.717, 1.165) is 12.8 Å². The van der Waals surface area contributed by atoms with Crippen LogP contribution < -0.4 is 0 Å². The van der Waals surface area contributed by atoms with E-state index in [1.807, 2.05) is 4.90 Å². The van der Waals surface area contributed by atoms with E-state index in [1.54, 1.807) is 6.07 Å². The Bertz CT molecular complexity index is 443. The number of amides is 1. The molecule has 0 bridgehead atoms. The Balaban J connectivity index is 2.17. The van der Waals surface area contributed by atoms with Crippen molar-refractivity contribution in [1.29, 1.82) is 0 Å². The van der Waals surface area contributed by atoms with E-state index < -0.39 is 0 Å². The van der Waals surface area contributed by atoms with E-state index in [1.165, 1.54) is 30.6 Å². The Morgan fingerprint density at radius 2 is 2.00 bits per heavy atom. The van der Waals surface area contributed by atoms with Crippen molar-refractivity contribution >= 4 is 52.0 Å². The van der Waals surface area contributed by atoms with Gasteiger partial charge in [-0.15, -0.1) is 22.9 Å². The van der Waals surface area contributed by atoms with Gasteiger partial charge in [-0.1, -0.05) is 42.5 Å². The minimum atomic E-state index is -0.0410. The number of halogens is 3. The third-order valence-corrected chi connectivity index (χ3v) is 5.15. The lowest BCUT2D eigenvalue weighted by molar-refractivity contribution is 0.0650. The monoisotopic (exact) mass is 339 g/mol. The topological polar surface area (TPSA) is 20.3 Å². The third-order valence-electron chi connectivity index (χ3n) is 3.49. The molecule has 1 saturated carbocycles. The summed E-state index contributed by atoms with van der Waals surface area (Å²) in [6.45, 7) is 0.564. The molecule has 1 aliphatic carbocycles. The highest BCUT2D eigenvalue weighted by atomic mass is 35.5. The molecular formula is C13H16Cl3NOS. The standard InChI is InChI=1S/C13H16Cl3NOS/c14-6-7-17(9-4-2-1-3-5-9)13(18)10-8-11(15)19-12(10)16/h8-9H,1-7H2. The molecule has 2 nitrogen and oxygen atoms in total. The van der Waals surface area contributed by atoms with Gasteiger partial charge in [-0.3, -0.25) is 4.79 Å². The number of alkyl halides is 1. The first-order valence-electron chi connectivity index (χ1n) is 6.45. The molecule has 1 fully saturated rings. The van der Waals surface area contributed by atoms with Crippen LogP contribution in [0.3, 0.4) is 0 Å². The SMILES string of the molecule is O=C(c1cc(Cl)sc1Cl)N(CCCl)C1CCCCC1. The lowest BCUT2D eigenvalue weighted by atomic mass is 9.94. The molecule has 0 radical (unpaired) electrons. The zero-order valence-corrected chi connectivity index (χ0v) is 13.6. The Kier molecular flexibility index (Phi) is 5.82. The predicted octanol–water partition coefficient (Wildman–Crippen LogP) is 5.07. The molecule has 1 aromatic heterocycles. The van der Waals surface area contributed by atoms with Gasteiger partial charge in [0.1, 0.15) is 4.34 Å². The number of hydrogen-bond donors (Lipinski definition) is 0. The molecule has 106 valence electrons. The number of rotatable bonds is 4. The van der Waals surface area contributed by atoms with Crippen molar-refractivity contribution in [3.05, 3.63) is 20.3 Å². The van der Waals surface area contributed by atoms with Crippen molar-refractivity contribution in [2.75, 3.05) is 12.4 Å². The first kappa shape index (κ1) is 15.4. The maximum atomic E-state index is 12.6. The maximum absolute atomic E-state index is 12.6. The zero-order chi connectivity index (χ0) is 13.8. The second-order valence-electron chi connectivity index (χ2n) is 4.72. The summed E-state index contributed by atoms with van der Waals surface area (Å²) in [7, 11) is 0. The molecule has 0 unspecified atom stereocenters. The van der Waals surface area contributed by atoms with Crippen LogP contribution in [0.4, 0.5) is 0 Å². The van der Waals surface area contributed by atoms with E-state index in [-0.39, 0.29) is 11.9 Å². The van der Waals surface area contributed by atoms with Crippen LogP contribution in [-0.4, -0.2) is 29.3 Å². The maximum Gasteiger partial charge on any atom is 0.256 e. The zero-order valence-electron chi connectivity index (χ0n) is 10.5. The van der Waals surface area contributed by atoms with Crippen molar-refractivity contribution in [1.82, 2.24) is 4.90 Å². The number of hydrogen-bond acceptors (Lipinski definition) is 2. The second kappa shape index (κ2) is 7.16. The molecule has 1 heterocycles. The van der Waals surface area contributed by atoms with Crippen LogP contribution >= 0.6 is 46.1 Å². The van der Waals surface area contributed by atoms with Gasteiger partial charge in [-0.05, 0) is 18.9 Å². The van der Waals surface area contributed by atoms with Crippen molar-refractivity contribution in [3.63, 3.8) is 0 Å². The number of nitrogens with zero attached hydrogens (tertiary/aromatic N) is 1. The summed E-state index contributed by atoms with van der Waals surface area (Å²) in [6.07, 6.45) is 5.71. The van der Waals surface area contributed by atoms with E-state index in [4.69, 9.17) is 34.8 Å². The van der Waals surface area contributed by atoms with Gasteiger partial charge in [0.2, 0.25) is 0 Å². The normalized spacial score (nSPS) is 16.6. The van der Waals surface area contributed by atoms with Crippen LogP contribution in [0, 0.1) is 0 Å². The molecule has 0 aliphatic heterocycles. The average Bonchev–Trinajstić information content (AvgIpc) is 2.75. The summed E-state index contributed by atoms with van der Waals surface area (Å²) in [6, 6.07) is 1.94. The molecule has 6 heteroatoms. The largest absolute Gasteiger partial charge is 0.334 e. The molecule has 0 spiro atoms. The van der Waals surface area contributed by atoms with Crippen molar-refractivity contribution in [3.8, 4) is 0 Å². The number of carbonyl (C=O) groups is 1. The van der Waals surface area contributed by atoms with E-state index in [9.17, 15) is 4.79 Å². The van der Waals surface area contributed by atoms with Gasteiger partial charge < -0.3 is 4.90 Å². The smallest absolute Gasteiger partial charge is 0.256 e. The van der Waals surface area contributed by atoms with Gasteiger partial charge >= 0.3 is 0 Å². The van der Waals surface area contributed by atoms with Gasteiger partial charge in [0.15, 0.2) is 0 Å². The van der Waals surface area contributed by atoms with Crippen LogP contribution in [0.5, 0.6) is 0 Å². The molecule has 19 heavy (non-hydrogen) atoms. The highest BCUT2D eigenvalue weighted by molar-refractivity contribution is 7.20. The summed E-state index contributed by atoms with van der Waals surface area (Å²) in [5.74, 6) is 0.401. The molecule has 1 aromatic rings. The molecule has 0 atom stereocenters. The van der Waals surface area contributed by atoms with E-state index in [0.29, 0.717) is 26.7 Å². The number of thiophene rings is 1. The first-order valence-corrected chi connectivity index (χ1v) is 8.56. The van der Waals surface area contributed by atoms with Crippen LogP contribution in [0.25, 0.3) is 0 Å². The van der Waals surface area contributed by atoms with Gasteiger partial charge in [0.05, 0.1) is 9.90 Å². The lowest BCUT2D eigenvalue weighted by Gasteiger charge is -2.34. The van der Waals surface area contributed by atoms with Gasteiger partial charge in [-0.2, -0.15) is 0 Å². The summed E-state index contributed by atoms with van der Waals surface area (Å²) in [4.78, 5) is 14.5. The highest BCUT2D eigenvalue weighted by Gasteiger charge is 2.27. The summed E-state index contributed by atoms with van der Waals surface area (Å²) in [5.41, 5.74) is 0.507. The molecule has 2 rings (SSSR count). The van der Waals surface area contributed by atoms with Crippen LogP contribution in [0.15, 0.2) is 6.07 Å². The van der Waals surface area contributed by atoms with Gasteiger partial charge in [-0.25, -0.2) is 0 Å². The summed E-state index contributed by atoms with van der Waals surface area (Å²) >= 11 is 19.1. The van der Waals surface area contributed by atoms with Crippen LogP contribution in [-0.2, 0) is 0 Å². The minimum Gasteiger partial charge on any atom is -0.334 e. The Hall–Kier alpha value is 0.0400. The molecule has 1 amide bonds. The van der Waals surface area contributed by atoms with Crippen LogP contribution in [0.1, 0.15) is 42.5 Å². The Morgan fingerprint density at radius 3 is 2.53 bits per heavy atom. The molecule has 0 aromatic carbocycles. The van der Waals surface area contributed by atoms with Crippen molar-refractivity contribution in [2.45, 2.75) is 38.1 Å². The van der Waals surface area contributed by atoms with Crippen molar-refractivity contribution < 1.29 is 4.79 Å². The van der Waals surface area contributed by atoms with E-state index >= 15 is 0 Å². The Morgan fingerprint density at radius 1 is 1.32 bits per heavy atom. The lowest BCUT2D eigenvalue weighted by Crippen LogP contribution is -2.42. The third kappa shape index (κ3) is 3.78. The molecule has 0 saturated heterocycles. The fourth-order valence-corrected chi connectivity index (χ4v) is 4.20. The van der Waals surface area contributed by atoms with E-state index in [2.05, 4.69) is 0 Å². The molecular weight excluding hydrogens is 325 g/mol. The van der Waals surface area contributed by atoms with Crippen LogP contribution in [0.2, 0.25) is 8.67 Å². The quantitative estimate of drug-likeness (QED) is 0.701. The van der Waals surface area contributed by atoms with Crippen molar-refractivity contribution in [2.24, 2.45) is 0 Å². The fourth-order valence-electron chi connectivity index (χ4n) is 2.57.